The van der Waals surface area contributed by atoms with Crippen LogP contribution in [0.5, 0.6) is 0 Å². The number of hydrogen-bond donors (Lipinski definition) is 1. The Morgan fingerprint density at radius 3 is 2.62 bits per heavy atom. The van der Waals surface area contributed by atoms with Gasteiger partial charge in [0.1, 0.15) is 5.82 Å². The molecule has 3 aromatic rings. The second-order valence-corrected chi connectivity index (χ2v) is 9.65. The van der Waals surface area contributed by atoms with Crippen molar-refractivity contribution in [2.24, 2.45) is 13.0 Å². The summed E-state index contributed by atoms with van der Waals surface area (Å²) in [4.78, 5) is 24.4. The molecule has 8 nitrogen and oxygen atoms in total. The molecule has 4 heterocycles. The number of ether oxygens (including phenoxy) is 1. The Bertz CT molecular complexity index is 1150. The molecule has 1 N–H and O–H groups in total. The third-order valence-electron chi connectivity index (χ3n) is 7.39. The van der Waals surface area contributed by atoms with Gasteiger partial charge in [-0.2, -0.15) is 5.10 Å². The number of carbonyl (C=O) groups excluding carboxylic acids is 1. The molecule has 8 heteroatoms. The average Bonchev–Trinajstić information content (AvgIpc) is 3.24. The van der Waals surface area contributed by atoms with Crippen molar-refractivity contribution in [2.45, 2.75) is 57.6 Å². The van der Waals surface area contributed by atoms with Gasteiger partial charge in [-0.1, -0.05) is 6.42 Å². The predicted octanol–water partition coefficient (Wildman–Crippen LogP) is 4.16. The molecular weight excluding hydrogens is 428 g/mol. The van der Waals surface area contributed by atoms with E-state index >= 15 is 0 Å². The lowest BCUT2D eigenvalue weighted by atomic mass is 9.87. The van der Waals surface area contributed by atoms with Gasteiger partial charge in [-0.15, -0.1) is 0 Å². The first-order chi connectivity index (χ1) is 16.6. The summed E-state index contributed by atoms with van der Waals surface area (Å²) in [7, 11) is 3.75. The molecule has 1 saturated carbocycles. The van der Waals surface area contributed by atoms with Crippen molar-refractivity contribution in [3.8, 4) is 11.1 Å². The van der Waals surface area contributed by atoms with Crippen LogP contribution >= 0.6 is 0 Å². The molecule has 2 aliphatic rings. The Hall–Kier alpha value is -2.84. The second kappa shape index (κ2) is 10.2. The molecule has 0 unspecified atom stereocenters. The van der Waals surface area contributed by atoms with Crippen molar-refractivity contribution in [3.05, 3.63) is 36.4 Å². The highest BCUT2D eigenvalue weighted by molar-refractivity contribution is 5.94. The highest BCUT2D eigenvalue weighted by atomic mass is 16.5. The van der Waals surface area contributed by atoms with Gasteiger partial charge < -0.3 is 10.1 Å². The molecule has 34 heavy (non-hydrogen) atoms. The molecule has 1 saturated heterocycles. The molecule has 2 fully saturated rings. The van der Waals surface area contributed by atoms with E-state index in [2.05, 4.69) is 31.3 Å². The quantitative estimate of drug-likeness (QED) is 0.592. The van der Waals surface area contributed by atoms with Gasteiger partial charge in [0.05, 0.1) is 29.7 Å². The number of nitrogens with zero attached hydrogens (tertiary/aromatic N) is 5. The van der Waals surface area contributed by atoms with Crippen molar-refractivity contribution >= 4 is 22.6 Å². The van der Waals surface area contributed by atoms with Gasteiger partial charge in [-0.3, -0.25) is 19.4 Å². The normalized spacial score (nSPS) is 21.6. The highest BCUT2D eigenvalue weighted by Gasteiger charge is 2.26. The fourth-order valence-electron chi connectivity index (χ4n) is 5.26. The summed E-state index contributed by atoms with van der Waals surface area (Å²) in [5.41, 5.74) is 4.16. The third-order valence-corrected chi connectivity index (χ3v) is 7.39. The lowest BCUT2D eigenvalue weighted by Gasteiger charge is -2.26. The summed E-state index contributed by atoms with van der Waals surface area (Å²) in [5, 5.41) is 8.52. The van der Waals surface area contributed by atoms with Crippen LogP contribution in [0.2, 0.25) is 0 Å². The molecule has 0 atom stereocenters. The van der Waals surface area contributed by atoms with Gasteiger partial charge in [0.15, 0.2) is 0 Å². The number of aryl methyl sites for hydroxylation is 1. The smallest absolute Gasteiger partial charge is 0.228 e. The minimum atomic E-state index is 0.0149. The van der Waals surface area contributed by atoms with E-state index in [0.717, 1.165) is 67.3 Å². The minimum Gasteiger partial charge on any atom is -0.381 e. The Kier molecular flexibility index (Phi) is 6.87. The Morgan fingerprint density at radius 2 is 1.85 bits per heavy atom. The number of pyridine rings is 2. The van der Waals surface area contributed by atoms with Crippen molar-refractivity contribution < 1.29 is 9.53 Å². The summed E-state index contributed by atoms with van der Waals surface area (Å²) in [6.45, 7) is 3.18. The molecule has 5 rings (SSSR count). The van der Waals surface area contributed by atoms with Gasteiger partial charge in [-0.25, -0.2) is 4.98 Å². The van der Waals surface area contributed by atoms with Gasteiger partial charge in [0, 0.05) is 49.3 Å². The number of amides is 1. The number of carbonyl (C=O) groups is 1. The van der Waals surface area contributed by atoms with Gasteiger partial charge in [-0.05, 0) is 63.7 Å². The summed E-state index contributed by atoms with van der Waals surface area (Å²) >= 11 is 0. The Balaban J connectivity index is 1.34. The Morgan fingerprint density at radius 1 is 1.06 bits per heavy atom. The second-order valence-electron chi connectivity index (χ2n) is 9.65. The van der Waals surface area contributed by atoms with Crippen LogP contribution in [-0.4, -0.2) is 56.9 Å². The van der Waals surface area contributed by atoms with Crippen LogP contribution in [0, 0.1) is 5.92 Å². The Labute approximate surface area is 200 Å². The number of aromatic nitrogens is 4. The maximum Gasteiger partial charge on any atom is 0.228 e. The molecule has 0 bridgehead atoms. The molecule has 1 aliphatic carbocycles. The van der Waals surface area contributed by atoms with Crippen LogP contribution in [0.3, 0.4) is 0 Å². The first kappa shape index (κ1) is 22.9. The first-order valence-corrected chi connectivity index (χ1v) is 12.4. The fraction of sp³-hybridized carbons (Fsp3) is 0.538. The highest BCUT2D eigenvalue weighted by Crippen LogP contribution is 2.29. The van der Waals surface area contributed by atoms with Crippen LogP contribution < -0.4 is 5.32 Å². The molecule has 0 radical (unpaired) electrons. The lowest BCUT2D eigenvalue weighted by Crippen LogP contribution is -2.30. The van der Waals surface area contributed by atoms with Crippen LogP contribution in [0.25, 0.3) is 22.0 Å². The fourth-order valence-corrected chi connectivity index (χ4v) is 5.26. The summed E-state index contributed by atoms with van der Waals surface area (Å²) in [6, 6.07) is 4.05. The standard InChI is InChI=1S/C26H34N6O2/c1-31-24(17-32-10-4-3-5-11-32)22(15-29-31)20-12-19-13-25(28-16-23(19)27-14-20)30-26(33)18-6-8-21(34-2)9-7-18/h12-16,18,21H,3-11,17H2,1-2H3,(H,28,30,33). The zero-order chi connectivity index (χ0) is 23.5. The van der Waals surface area contributed by atoms with Crippen molar-refractivity contribution in [1.29, 1.82) is 0 Å². The van der Waals surface area contributed by atoms with Gasteiger partial charge in [0.25, 0.3) is 0 Å². The van der Waals surface area contributed by atoms with E-state index in [0.29, 0.717) is 5.82 Å². The van der Waals surface area contributed by atoms with E-state index in [-0.39, 0.29) is 17.9 Å². The molecule has 0 aromatic carbocycles. The van der Waals surface area contributed by atoms with Crippen LogP contribution in [0.15, 0.2) is 30.7 Å². The monoisotopic (exact) mass is 462 g/mol. The zero-order valence-electron chi connectivity index (χ0n) is 20.2. The van der Waals surface area contributed by atoms with E-state index in [1.54, 1.807) is 13.3 Å². The topological polar surface area (TPSA) is 85.2 Å². The summed E-state index contributed by atoms with van der Waals surface area (Å²) < 4.78 is 7.40. The van der Waals surface area contributed by atoms with E-state index < -0.39 is 0 Å². The minimum absolute atomic E-state index is 0.0149. The number of piperidine rings is 1. The number of hydrogen-bond acceptors (Lipinski definition) is 6. The summed E-state index contributed by atoms with van der Waals surface area (Å²) in [6.07, 6.45) is 13.2. The molecule has 1 aliphatic heterocycles. The SMILES string of the molecule is COC1CCC(C(=O)Nc2cc3cc(-c4cnn(C)c4CN4CCCCC4)cnc3cn2)CC1. The average molecular weight is 463 g/mol. The van der Waals surface area contributed by atoms with E-state index in [9.17, 15) is 4.79 Å². The molecule has 0 spiro atoms. The van der Waals surface area contributed by atoms with E-state index in [1.165, 1.54) is 25.0 Å². The van der Waals surface area contributed by atoms with Gasteiger partial charge >= 0.3 is 0 Å². The predicted molar refractivity (Wildman–Crippen MR) is 132 cm³/mol. The lowest BCUT2D eigenvalue weighted by molar-refractivity contribution is -0.121. The van der Waals surface area contributed by atoms with E-state index in [4.69, 9.17) is 4.74 Å². The van der Waals surface area contributed by atoms with Gasteiger partial charge in [0.2, 0.25) is 5.91 Å². The van der Waals surface area contributed by atoms with E-state index in [1.807, 2.05) is 30.2 Å². The number of nitrogens with one attached hydrogen (secondary N) is 1. The molecular formula is C26H34N6O2. The first-order valence-electron chi connectivity index (χ1n) is 12.4. The van der Waals surface area contributed by atoms with Crippen molar-refractivity contribution in [1.82, 2.24) is 24.6 Å². The maximum absolute atomic E-state index is 12.8. The molecule has 3 aromatic heterocycles. The molecule has 180 valence electrons. The van der Waals surface area contributed by atoms with Crippen LogP contribution in [0.1, 0.15) is 50.6 Å². The number of fused-ring (bicyclic) bond motifs is 1. The maximum atomic E-state index is 12.8. The van der Waals surface area contributed by atoms with Crippen LogP contribution in [-0.2, 0) is 23.1 Å². The number of rotatable bonds is 6. The molecule has 1 amide bonds. The number of likely N-dealkylation sites (tertiary alicyclic amines) is 1. The largest absolute Gasteiger partial charge is 0.381 e. The van der Waals surface area contributed by atoms with Crippen molar-refractivity contribution in [3.63, 3.8) is 0 Å². The number of anilines is 1. The van der Waals surface area contributed by atoms with Crippen molar-refractivity contribution in [2.75, 3.05) is 25.5 Å². The van der Waals surface area contributed by atoms with Crippen LogP contribution in [0.4, 0.5) is 5.82 Å². The zero-order valence-corrected chi connectivity index (χ0v) is 20.2. The number of methoxy groups -OCH3 is 1. The summed E-state index contributed by atoms with van der Waals surface area (Å²) in [5.74, 6) is 0.632. The third kappa shape index (κ3) is 4.98.